The van der Waals surface area contributed by atoms with Gasteiger partial charge in [-0.3, -0.25) is 10.1 Å². The first-order chi connectivity index (χ1) is 8.11. The van der Waals surface area contributed by atoms with Gasteiger partial charge in [-0.25, -0.2) is 4.68 Å². The Hall–Kier alpha value is -2.21. The van der Waals surface area contributed by atoms with Crippen LogP contribution >= 0.6 is 0 Å². The van der Waals surface area contributed by atoms with E-state index >= 15 is 0 Å². The first-order valence-corrected chi connectivity index (χ1v) is 5.12. The molecule has 0 saturated carbocycles. The molecule has 1 heterocycles. The molecule has 2 rings (SSSR count). The van der Waals surface area contributed by atoms with Gasteiger partial charge in [-0.15, -0.1) is 0 Å². The van der Waals surface area contributed by atoms with Gasteiger partial charge in [0.1, 0.15) is 5.69 Å². The van der Waals surface area contributed by atoms with Gasteiger partial charge in [0.2, 0.25) is 0 Å². The first kappa shape index (κ1) is 11.3. The standard InChI is InChI=1S/C11H12N4O2/c1-8-2-3-10(11(6-8)15(16)17)14-5-4-9(7-12)13-14/h2-6H,7,12H2,1H3. The molecule has 2 N–H and O–H groups in total. The van der Waals surface area contributed by atoms with Crippen molar-refractivity contribution < 1.29 is 4.92 Å². The molecule has 1 aromatic heterocycles. The Kier molecular flexibility index (Phi) is 2.88. The highest BCUT2D eigenvalue weighted by Crippen LogP contribution is 2.23. The van der Waals surface area contributed by atoms with Crippen molar-refractivity contribution in [3.05, 3.63) is 51.8 Å². The van der Waals surface area contributed by atoms with Gasteiger partial charge in [-0.2, -0.15) is 5.10 Å². The molecule has 88 valence electrons. The van der Waals surface area contributed by atoms with Crippen molar-refractivity contribution in [2.24, 2.45) is 5.73 Å². The third kappa shape index (κ3) is 2.16. The van der Waals surface area contributed by atoms with Crippen molar-refractivity contribution in [1.82, 2.24) is 9.78 Å². The molecule has 0 atom stereocenters. The van der Waals surface area contributed by atoms with Crippen LogP contribution in [-0.4, -0.2) is 14.7 Å². The van der Waals surface area contributed by atoms with Gasteiger partial charge in [0.15, 0.2) is 0 Å². The summed E-state index contributed by atoms with van der Waals surface area (Å²) in [6.07, 6.45) is 1.67. The normalized spacial score (nSPS) is 10.5. The SMILES string of the molecule is Cc1ccc(-n2ccc(CN)n2)c([N+](=O)[O-])c1. The summed E-state index contributed by atoms with van der Waals surface area (Å²) in [6, 6.07) is 6.76. The van der Waals surface area contributed by atoms with Gasteiger partial charge in [-0.1, -0.05) is 6.07 Å². The Morgan fingerprint density at radius 1 is 1.47 bits per heavy atom. The summed E-state index contributed by atoms with van der Waals surface area (Å²) in [4.78, 5) is 10.6. The Morgan fingerprint density at radius 2 is 2.24 bits per heavy atom. The maximum atomic E-state index is 11.0. The monoisotopic (exact) mass is 232 g/mol. The molecule has 0 spiro atoms. The van der Waals surface area contributed by atoms with Crippen molar-refractivity contribution in [2.45, 2.75) is 13.5 Å². The van der Waals surface area contributed by atoms with Crippen LogP contribution < -0.4 is 5.73 Å². The molecule has 2 aromatic rings. The largest absolute Gasteiger partial charge is 0.325 e. The summed E-state index contributed by atoms with van der Waals surface area (Å²) in [6.45, 7) is 2.12. The van der Waals surface area contributed by atoms with Crippen LogP contribution in [0.25, 0.3) is 5.69 Å². The third-order valence-corrected chi connectivity index (χ3v) is 2.43. The van der Waals surface area contributed by atoms with E-state index < -0.39 is 4.92 Å². The van der Waals surface area contributed by atoms with Crippen LogP contribution in [0.15, 0.2) is 30.5 Å². The first-order valence-electron chi connectivity index (χ1n) is 5.12. The molecule has 17 heavy (non-hydrogen) atoms. The van der Waals surface area contributed by atoms with Crippen molar-refractivity contribution in [3.8, 4) is 5.69 Å². The lowest BCUT2D eigenvalue weighted by Gasteiger charge is -2.03. The molecule has 0 radical (unpaired) electrons. The number of aromatic nitrogens is 2. The molecule has 0 aliphatic rings. The second-order valence-electron chi connectivity index (χ2n) is 3.71. The van der Waals surface area contributed by atoms with Gasteiger partial charge >= 0.3 is 0 Å². The number of nitro benzene ring substituents is 1. The highest BCUT2D eigenvalue weighted by molar-refractivity contribution is 5.53. The van der Waals surface area contributed by atoms with E-state index in [1.165, 1.54) is 10.7 Å². The molecule has 0 unspecified atom stereocenters. The summed E-state index contributed by atoms with van der Waals surface area (Å²) in [5.41, 5.74) is 7.47. The van der Waals surface area contributed by atoms with Crippen molar-refractivity contribution in [1.29, 1.82) is 0 Å². The van der Waals surface area contributed by atoms with E-state index in [1.807, 2.05) is 13.0 Å². The predicted octanol–water partition coefficient (Wildman–Crippen LogP) is 1.55. The average Bonchev–Trinajstić information content (AvgIpc) is 2.77. The van der Waals surface area contributed by atoms with Crippen LogP contribution in [0.1, 0.15) is 11.3 Å². The highest BCUT2D eigenvalue weighted by atomic mass is 16.6. The zero-order chi connectivity index (χ0) is 12.4. The quantitative estimate of drug-likeness (QED) is 0.642. The Morgan fingerprint density at radius 3 is 2.82 bits per heavy atom. The zero-order valence-electron chi connectivity index (χ0n) is 9.33. The second kappa shape index (κ2) is 4.34. The van der Waals surface area contributed by atoms with Crippen LogP contribution in [0.5, 0.6) is 0 Å². The number of hydrogen-bond donors (Lipinski definition) is 1. The fraction of sp³-hybridized carbons (Fsp3) is 0.182. The number of hydrogen-bond acceptors (Lipinski definition) is 4. The lowest BCUT2D eigenvalue weighted by atomic mass is 10.2. The Bertz CT molecular complexity index is 562. The summed E-state index contributed by atoms with van der Waals surface area (Å²) < 4.78 is 1.47. The third-order valence-electron chi connectivity index (χ3n) is 2.43. The van der Waals surface area contributed by atoms with E-state index in [-0.39, 0.29) is 5.69 Å². The number of nitro groups is 1. The van der Waals surface area contributed by atoms with Crippen molar-refractivity contribution >= 4 is 5.69 Å². The summed E-state index contributed by atoms with van der Waals surface area (Å²) in [5, 5.41) is 15.1. The van der Waals surface area contributed by atoms with Crippen LogP contribution in [0, 0.1) is 17.0 Å². The molecule has 0 aliphatic carbocycles. The van der Waals surface area contributed by atoms with Crippen LogP contribution in [-0.2, 0) is 6.54 Å². The minimum Gasteiger partial charge on any atom is -0.325 e. The minimum atomic E-state index is -0.411. The Balaban J connectivity index is 2.54. The number of nitrogens with zero attached hydrogens (tertiary/aromatic N) is 3. The van der Waals surface area contributed by atoms with Gasteiger partial charge in [0.25, 0.3) is 5.69 Å². The van der Waals surface area contributed by atoms with Crippen LogP contribution in [0.3, 0.4) is 0 Å². The van der Waals surface area contributed by atoms with Gasteiger partial charge in [0, 0.05) is 18.8 Å². The van der Waals surface area contributed by atoms with E-state index in [4.69, 9.17) is 5.73 Å². The highest BCUT2D eigenvalue weighted by Gasteiger charge is 2.15. The number of nitrogens with two attached hydrogens (primary N) is 1. The van der Waals surface area contributed by atoms with Crippen molar-refractivity contribution in [3.63, 3.8) is 0 Å². The molecule has 0 bridgehead atoms. The fourth-order valence-electron chi connectivity index (χ4n) is 1.58. The molecule has 0 amide bonds. The Labute approximate surface area is 97.8 Å². The summed E-state index contributed by atoms with van der Waals surface area (Å²) >= 11 is 0. The number of rotatable bonds is 3. The molecule has 6 nitrogen and oxygen atoms in total. The van der Waals surface area contributed by atoms with E-state index in [1.54, 1.807) is 18.3 Å². The van der Waals surface area contributed by atoms with E-state index in [2.05, 4.69) is 5.10 Å². The molecule has 0 fully saturated rings. The fourth-order valence-corrected chi connectivity index (χ4v) is 1.58. The van der Waals surface area contributed by atoms with E-state index in [9.17, 15) is 10.1 Å². The summed E-state index contributed by atoms with van der Waals surface area (Å²) in [7, 11) is 0. The lowest BCUT2D eigenvalue weighted by Crippen LogP contribution is -2.03. The van der Waals surface area contributed by atoms with Crippen LogP contribution in [0.2, 0.25) is 0 Å². The molecule has 6 heteroatoms. The molecule has 0 aliphatic heterocycles. The van der Waals surface area contributed by atoms with Gasteiger partial charge in [0.05, 0.1) is 10.6 Å². The van der Waals surface area contributed by atoms with Gasteiger partial charge in [-0.05, 0) is 24.6 Å². The molecule has 1 aromatic carbocycles. The molecular weight excluding hydrogens is 220 g/mol. The lowest BCUT2D eigenvalue weighted by molar-refractivity contribution is -0.384. The zero-order valence-corrected chi connectivity index (χ0v) is 9.33. The number of benzene rings is 1. The smallest absolute Gasteiger partial charge is 0.295 e. The summed E-state index contributed by atoms with van der Waals surface area (Å²) in [5.74, 6) is 0. The topological polar surface area (TPSA) is 87.0 Å². The van der Waals surface area contributed by atoms with E-state index in [0.29, 0.717) is 17.9 Å². The molecular formula is C11H12N4O2. The van der Waals surface area contributed by atoms with Crippen molar-refractivity contribution in [2.75, 3.05) is 0 Å². The van der Waals surface area contributed by atoms with E-state index in [0.717, 1.165) is 5.56 Å². The van der Waals surface area contributed by atoms with Crippen LogP contribution in [0.4, 0.5) is 5.69 Å². The minimum absolute atomic E-state index is 0.0386. The van der Waals surface area contributed by atoms with Gasteiger partial charge < -0.3 is 5.73 Å². The molecule has 0 saturated heterocycles. The predicted molar refractivity (Wildman–Crippen MR) is 62.8 cm³/mol. The number of aryl methyl sites for hydroxylation is 1. The maximum Gasteiger partial charge on any atom is 0.295 e. The second-order valence-corrected chi connectivity index (χ2v) is 3.71. The average molecular weight is 232 g/mol. The maximum absolute atomic E-state index is 11.0.